The van der Waals surface area contributed by atoms with Gasteiger partial charge in [-0.3, -0.25) is 24.0 Å². The Labute approximate surface area is 201 Å². The van der Waals surface area contributed by atoms with Gasteiger partial charge in [0.1, 0.15) is 49.1 Å². The lowest BCUT2D eigenvalue weighted by molar-refractivity contribution is -0.144. The molecule has 0 bridgehead atoms. The Morgan fingerprint density at radius 2 is 0.971 bits per heavy atom. The molecule has 3 fully saturated rings. The highest BCUT2D eigenvalue weighted by Crippen LogP contribution is 2.22. The fourth-order valence-corrected chi connectivity index (χ4v) is 4.78. The van der Waals surface area contributed by atoms with E-state index >= 15 is 0 Å². The Bertz CT molecular complexity index is 908. The minimum absolute atomic E-state index is 0.192. The smallest absolute Gasteiger partial charge is 0.246 e. The number of aldehydes is 3. The summed E-state index contributed by atoms with van der Waals surface area (Å²) in [6.07, 6.45) is 1.84. The van der Waals surface area contributed by atoms with Crippen LogP contribution in [0.1, 0.15) is 44.9 Å². The molecule has 0 aliphatic carbocycles. The minimum atomic E-state index is -1.33. The van der Waals surface area contributed by atoms with Gasteiger partial charge in [0.15, 0.2) is 0 Å². The van der Waals surface area contributed by atoms with Crippen molar-refractivity contribution in [1.29, 1.82) is 0 Å². The molecule has 3 aliphatic heterocycles. The molecule has 0 aromatic rings. The first-order chi connectivity index (χ1) is 16.8. The molecule has 3 heterocycles. The second-order valence-corrected chi connectivity index (χ2v) is 8.77. The average Bonchev–Trinajstić information content (AvgIpc) is 3.51. The second kappa shape index (κ2) is 11.7. The average molecular weight is 492 g/mol. The van der Waals surface area contributed by atoms with Crippen LogP contribution in [0.2, 0.25) is 0 Å². The molecule has 13 heteroatoms. The van der Waals surface area contributed by atoms with Crippen molar-refractivity contribution in [2.45, 2.75) is 75.2 Å². The first kappa shape index (κ1) is 26.0. The zero-order valence-corrected chi connectivity index (χ0v) is 19.1. The molecule has 5 atom stereocenters. The van der Waals surface area contributed by atoms with E-state index in [2.05, 4.69) is 16.0 Å². The summed E-state index contributed by atoms with van der Waals surface area (Å²) in [4.78, 5) is 102. The van der Waals surface area contributed by atoms with Crippen LogP contribution in [0.3, 0.4) is 0 Å². The summed E-state index contributed by atoms with van der Waals surface area (Å²) in [5.74, 6) is -3.45. The van der Waals surface area contributed by atoms with Gasteiger partial charge in [-0.1, -0.05) is 0 Å². The molecular weight excluding hydrogens is 462 g/mol. The number of hydrogen-bond acceptors (Lipinski definition) is 8. The van der Waals surface area contributed by atoms with Crippen molar-refractivity contribution in [1.82, 2.24) is 25.8 Å². The maximum absolute atomic E-state index is 13.2. The number of nitrogens with one attached hydrogen (secondary N) is 3. The Balaban J connectivity index is 2.00. The van der Waals surface area contributed by atoms with Crippen LogP contribution in [0.5, 0.6) is 0 Å². The van der Waals surface area contributed by atoms with Gasteiger partial charge in [0.2, 0.25) is 29.5 Å². The van der Waals surface area contributed by atoms with Crippen molar-refractivity contribution >= 4 is 48.4 Å². The van der Waals surface area contributed by atoms with E-state index in [9.17, 15) is 38.4 Å². The van der Waals surface area contributed by atoms with Gasteiger partial charge in [-0.15, -0.1) is 0 Å². The zero-order chi connectivity index (χ0) is 25.5. The lowest BCUT2D eigenvalue weighted by Crippen LogP contribution is -2.57. The van der Waals surface area contributed by atoms with Gasteiger partial charge in [0.25, 0.3) is 0 Å². The topological polar surface area (TPSA) is 179 Å². The van der Waals surface area contributed by atoms with Crippen LogP contribution in [-0.4, -0.2) is 101 Å². The fourth-order valence-electron chi connectivity index (χ4n) is 4.78. The Hall–Kier alpha value is -3.64. The molecule has 0 radical (unpaired) electrons. The number of fused-ring (bicyclic) bond motifs is 2. The molecule has 3 saturated heterocycles. The third kappa shape index (κ3) is 5.72. The van der Waals surface area contributed by atoms with E-state index in [0.717, 1.165) is 0 Å². The minimum Gasteiger partial charge on any atom is -0.342 e. The van der Waals surface area contributed by atoms with Crippen LogP contribution in [-0.2, 0) is 38.4 Å². The van der Waals surface area contributed by atoms with Crippen LogP contribution < -0.4 is 16.0 Å². The summed E-state index contributed by atoms with van der Waals surface area (Å²) in [5, 5.41) is 7.44. The molecule has 0 unspecified atom stereocenters. The number of carbonyl (C=O) groups is 8. The molecule has 0 aromatic heterocycles. The van der Waals surface area contributed by atoms with Gasteiger partial charge in [-0.05, 0) is 25.7 Å². The van der Waals surface area contributed by atoms with E-state index in [1.807, 2.05) is 0 Å². The number of rotatable bonds is 6. The molecular formula is C22H29N5O8. The highest BCUT2D eigenvalue weighted by molar-refractivity contribution is 5.99. The first-order valence-corrected chi connectivity index (χ1v) is 11.6. The summed E-state index contributed by atoms with van der Waals surface area (Å²) in [7, 11) is 0. The Morgan fingerprint density at radius 1 is 0.600 bits per heavy atom. The highest BCUT2D eigenvalue weighted by Gasteiger charge is 2.42. The van der Waals surface area contributed by atoms with Crippen LogP contribution >= 0.6 is 0 Å². The maximum Gasteiger partial charge on any atom is 0.246 e. The second-order valence-electron chi connectivity index (χ2n) is 8.77. The summed E-state index contributed by atoms with van der Waals surface area (Å²) in [6, 6.07) is -5.78. The van der Waals surface area contributed by atoms with Crippen molar-refractivity contribution in [3.8, 4) is 0 Å². The third-order valence-corrected chi connectivity index (χ3v) is 6.53. The largest absolute Gasteiger partial charge is 0.342 e. The van der Waals surface area contributed by atoms with Gasteiger partial charge >= 0.3 is 0 Å². The normalized spacial score (nSPS) is 30.3. The van der Waals surface area contributed by atoms with E-state index in [1.54, 1.807) is 0 Å². The molecule has 3 rings (SSSR count). The molecule has 13 nitrogen and oxygen atoms in total. The molecule has 3 aliphatic rings. The molecule has 35 heavy (non-hydrogen) atoms. The molecule has 0 aromatic carbocycles. The van der Waals surface area contributed by atoms with E-state index in [0.29, 0.717) is 38.1 Å². The number of carbonyl (C=O) groups excluding carboxylic acids is 8. The SMILES string of the molecule is O=CC[C@@H]1NC(=O)[C@@H]2CCCN2C(=O)[C@@H](CC=O)NC(=O)[C@@H](CC=O)NC(=O)[C@@H]2CCCN2C1=O. The van der Waals surface area contributed by atoms with Gasteiger partial charge in [-0.2, -0.15) is 0 Å². The predicted molar refractivity (Wildman–Crippen MR) is 117 cm³/mol. The van der Waals surface area contributed by atoms with E-state index in [4.69, 9.17) is 0 Å². The summed E-state index contributed by atoms with van der Waals surface area (Å²) >= 11 is 0. The van der Waals surface area contributed by atoms with Crippen molar-refractivity contribution in [3.63, 3.8) is 0 Å². The third-order valence-electron chi connectivity index (χ3n) is 6.53. The number of nitrogens with zero attached hydrogens (tertiary/aromatic N) is 2. The Kier molecular flexibility index (Phi) is 8.66. The summed E-state index contributed by atoms with van der Waals surface area (Å²) < 4.78 is 0. The van der Waals surface area contributed by atoms with E-state index in [1.165, 1.54) is 9.80 Å². The summed E-state index contributed by atoms with van der Waals surface area (Å²) in [5.41, 5.74) is 0. The lowest BCUT2D eigenvalue weighted by atomic mass is 10.1. The maximum atomic E-state index is 13.2. The first-order valence-electron chi connectivity index (χ1n) is 11.6. The number of hydrogen-bond donors (Lipinski definition) is 3. The van der Waals surface area contributed by atoms with Crippen LogP contribution in [0.4, 0.5) is 0 Å². The molecule has 5 amide bonds. The quantitative estimate of drug-likeness (QED) is 0.333. The summed E-state index contributed by atoms with van der Waals surface area (Å²) in [6.45, 7) is 0.402. The standard InChI is InChI=1S/C22H29N5O8/c28-10-5-13-18(31)24-14(6-11-29)21(34)27-9-2-4-17(27)20(33)25-15(7-12-30)22(35)26-8-1-3-16(26)19(32)23-13/h10-17H,1-9H2,(H,23,32)(H,24,31)(H,25,33)/t13-,14-,15+,16+,17+/m1/s1. The fraction of sp³-hybridized carbons (Fsp3) is 0.636. The van der Waals surface area contributed by atoms with Crippen LogP contribution in [0.15, 0.2) is 0 Å². The zero-order valence-electron chi connectivity index (χ0n) is 19.1. The highest BCUT2D eigenvalue weighted by atomic mass is 16.2. The van der Waals surface area contributed by atoms with Crippen molar-refractivity contribution < 1.29 is 38.4 Å². The van der Waals surface area contributed by atoms with E-state index in [-0.39, 0.29) is 38.8 Å². The number of amides is 5. The monoisotopic (exact) mass is 491 g/mol. The van der Waals surface area contributed by atoms with Crippen LogP contribution in [0, 0.1) is 0 Å². The van der Waals surface area contributed by atoms with Gasteiger partial charge in [0.05, 0.1) is 0 Å². The van der Waals surface area contributed by atoms with Crippen LogP contribution in [0.25, 0.3) is 0 Å². The van der Waals surface area contributed by atoms with Crippen molar-refractivity contribution in [3.05, 3.63) is 0 Å². The molecule has 0 saturated carbocycles. The van der Waals surface area contributed by atoms with Gasteiger partial charge in [0, 0.05) is 32.4 Å². The van der Waals surface area contributed by atoms with Gasteiger partial charge in [-0.25, -0.2) is 0 Å². The van der Waals surface area contributed by atoms with Crippen molar-refractivity contribution in [2.75, 3.05) is 13.1 Å². The Morgan fingerprint density at radius 3 is 1.40 bits per heavy atom. The molecule has 190 valence electrons. The molecule has 3 N–H and O–H groups in total. The predicted octanol–water partition coefficient (Wildman–Crippen LogP) is -2.80. The molecule has 0 spiro atoms. The van der Waals surface area contributed by atoms with Crippen molar-refractivity contribution in [2.24, 2.45) is 0 Å². The van der Waals surface area contributed by atoms with Gasteiger partial charge < -0.3 is 40.1 Å². The van der Waals surface area contributed by atoms with E-state index < -0.39 is 59.7 Å². The lowest BCUT2D eigenvalue weighted by Gasteiger charge is -2.30.